The normalized spacial score (nSPS) is 14.0. The maximum atomic E-state index is 14.0. The van der Waals surface area contributed by atoms with Gasteiger partial charge < -0.3 is 29.7 Å². The van der Waals surface area contributed by atoms with Gasteiger partial charge in [-0.1, -0.05) is 29.8 Å². The molecule has 0 saturated heterocycles. The van der Waals surface area contributed by atoms with Gasteiger partial charge in [0.25, 0.3) is 0 Å². The molecule has 2 aromatic carbocycles. The lowest BCUT2D eigenvalue weighted by Gasteiger charge is -2.04. The van der Waals surface area contributed by atoms with E-state index in [9.17, 15) is 29.3 Å². The number of aliphatic hydroxyl groups is 1. The van der Waals surface area contributed by atoms with E-state index in [1.807, 2.05) is 19.1 Å². The maximum Gasteiger partial charge on any atom is 0.372 e. The predicted molar refractivity (Wildman–Crippen MR) is 143 cm³/mol. The second-order valence-electron chi connectivity index (χ2n) is 9.95. The molecule has 9 heteroatoms. The fraction of sp³-hybridized carbons (Fsp3) is 0.200. The van der Waals surface area contributed by atoms with Crippen LogP contribution in [0.2, 0.25) is 0 Å². The zero-order chi connectivity index (χ0) is 27.4. The van der Waals surface area contributed by atoms with Crippen molar-refractivity contribution in [1.29, 1.82) is 0 Å². The van der Waals surface area contributed by atoms with Crippen LogP contribution in [0.3, 0.4) is 0 Å². The Morgan fingerprint density at radius 2 is 1.92 bits per heavy atom. The quantitative estimate of drug-likeness (QED) is 0.123. The van der Waals surface area contributed by atoms with Crippen molar-refractivity contribution in [3.05, 3.63) is 88.4 Å². The predicted octanol–water partition coefficient (Wildman–Crippen LogP) is 6.04. The Hall–Kier alpha value is -4.63. The third-order valence-corrected chi connectivity index (χ3v) is 7.27. The van der Waals surface area contributed by atoms with E-state index in [1.54, 1.807) is 12.1 Å². The van der Waals surface area contributed by atoms with Crippen LogP contribution in [0.25, 0.3) is 32.9 Å². The third kappa shape index (κ3) is 4.11. The van der Waals surface area contributed by atoms with Gasteiger partial charge in [-0.3, -0.25) is 4.79 Å². The molecule has 3 aromatic heterocycles. The maximum absolute atomic E-state index is 14.0. The molecule has 3 heterocycles. The first-order valence-corrected chi connectivity index (χ1v) is 12.6. The number of allylic oxidation sites excluding steroid dienone is 1. The van der Waals surface area contributed by atoms with Gasteiger partial charge in [0.1, 0.15) is 5.82 Å². The van der Waals surface area contributed by atoms with Gasteiger partial charge in [-0.2, -0.15) is 0 Å². The van der Waals surface area contributed by atoms with Crippen molar-refractivity contribution in [3.63, 3.8) is 0 Å². The first-order valence-electron chi connectivity index (χ1n) is 12.6. The van der Waals surface area contributed by atoms with Crippen molar-refractivity contribution in [2.24, 2.45) is 0 Å². The molecular formula is C30H25FN2O6. The monoisotopic (exact) mass is 528 g/mol. The standard InChI is InChI=1S/C30H25FN2O6/c1-14(13-34)5-6-15-3-2-4-18-20(12-32-24(15)18)26(35)29-27(36)23(28(39-29)30(37)38)22-19-10-9-17(31)11-21(19)33-25(22)16-7-8-16/h2-5,9-12,16,32-34,36H,6-8,13H2,1H3,(H,37,38)/b14-5-. The number of H-pyrrole nitrogens is 2. The Morgan fingerprint density at radius 3 is 2.64 bits per heavy atom. The summed E-state index contributed by atoms with van der Waals surface area (Å²) < 4.78 is 19.5. The minimum Gasteiger partial charge on any atom is -0.504 e. The molecule has 1 aliphatic carbocycles. The van der Waals surface area contributed by atoms with Gasteiger partial charge in [-0.25, -0.2) is 9.18 Å². The molecule has 198 valence electrons. The third-order valence-electron chi connectivity index (χ3n) is 7.27. The molecule has 0 amide bonds. The van der Waals surface area contributed by atoms with Crippen LogP contribution in [0.15, 0.2) is 58.7 Å². The highest BCUT2D eigenvalue weighted by atomic mass is 19.1. The number of carboxylic acids is 1. The largest absolute Gasteiger partial charge is 0.504 e. The first kappa shape index (κ1) is 24.7. The molecule has 6 rings (SSSR count). The van der Waals surface area contributed by atoms with Gasteiger partial charge in [-0.15, -0.1) is 0 Å². The summed E-state index contributed by atoms with van der Waals surface area (Å²) >= 11 is 0. The highest BCUT2D eigenvalue weighted by Crippen LogP contribution is 2.51. The van der Waals surface area contributed by atoms with Gasteiger partial charge >= 0.3 is 5.97 Å². The number of carbonyl (C=O) groups excluding carboxylic acids is 1. The lowest BCUT2D eigenvalue weighted by Crippen LogP contribution is -1.99. The number of carbonyl (C=O) groups is 2. The Balaban J connectivity index is 1.50. The molecule has 39 heavy (non-hydrogen) atoms. The van der Waals surface area contributed by atoms with E-state index in [4.69, 9.17) is 4.42 Å². The summed E-state index contributed by atoms with van der Waals surface area (Å²) in [6, 6.07) is 9.56. The number of rotatable bonds is 8. The SMILES string of the molecule is C/C(=C/Cc1cccc2c(C(=O)c3oc(C(=O)O)c(-c4c(C5CC5)[nH]c5cc(F)ccc45)c3O)c[nH]c12)CO. The Bertz CT molecular complexity index is 1820. The molecule has 1 aliphatic rings. The van der Waals surface area contributed by atoms with E-state index in [1.165, 1.54) is 24.4 Å². The van der Waals surface area contributed by atoms with E-state index in [-0.39, 0.29) is 23.7 Å². The summed E-state index contributed by atoms with van der Waals surface area (Å²) in [6.07, 6.45) is 5.65. The van der Waals surface area contributed by atoms with Crippen LogP contribution in [-0.4, -0.2) is 43.6 Å². The molecule has 0 radical (unpaired) electrons. The lowest BCUT2D eigenvalue weighted by atomic mass is 9.97. The summed E-state index contributed by atoms with van der Waals surface area (Å²) in [4.78, 5) is 32.3. The summed E-state index contributed by atoms with van der Waals surface area (Å²) in [6.45, 7) is 1.77. The zero-order valence-electron chi connectivity index (χ0n) is 21.0. The fourth-order valence-corrected chi connectivity index (χ4v) is 5.14. The number of fused-ring (bicyclic) bond motifs is 2. The van der Waals surface area contributed by atoms with Gasteiger partial charge in [0, 0.05) is 39.3 Å². The number of furan rings is 1. The zero-order valence-corrected chi connectivity index (χ0v) is 21.0. The lowest BCUT2D eigenvalue weighted by molar-refractivity contribution is 0.0661. The molecule has 8 nitrogen and oxygen atoms in total. The van der Waals surface area contributed by atoms with Crippen molar-refractivity contribution >= 4 is 33.6 Å². The number of nitrogens with one attached hydrogen (secondary N) is 2. The molecule has 5 aromatic rings. The number of aromatic carboxylic acids is 1. The number of carboxylic acid groups (broad SMARTS) is 1. The molecule has 0 unspecified atom stereocenters. The Morgan fingerprint density at radius 1 is 1.13 bits per heavy atom. The highest BCUT2D eigenvalue weighted by molar-refractivity contribution is 6.18. The molecule has 1 fully saturated rings. The number of aromatic amines is 2. The van der Waals surface area contributed by atoms with Crippen molar-refractivity contribution < 1.29 is 33.7 Å². The van der Waals surface area contributed by atoms with Gasteiger partial charge in [0.15, 0.2) is 5.75 Å². The topological polar surface area (TPSA) is 140 Å². The van der Waals surface area contributed by atoms with E-state index in [0.29, 0.717) is 39.5 Å². The average molecular weight is 529 g/mol. The van der Waals surface area contributed by atoms with E-state index >= 15 is 0 Å². The summed E-state index contributed by atoms with van der Waals surface area (Å²) in [7, 11) is 0. The number of aromatic nitrogens is 2. The first-order chi connectivity index (χ1) is 18.8. The molecule has 0 bridgehead atoms. The van der Waals surface area contributed by atoms with E-state index in [0.717, 1.165) is 24.0 Å². The molecule has 0 atom stereocenters. The van der Waals surface area contributed by atoms with Gasteiger partial charge in [-0.05, 0) is 55.9 Å². The van der Waals surface area contributed by atoms with Crippen molar-refractivity contribution in [2.45, 2.75) is 32.1 Å². The van der Waals surface area contributed by atoms with Crippen molar-refractivity contribution in [2.75, 3.05) is 6.61 Å². The van der Waals surface area contributed by atoms with E-state index in [2.05, 4.69) is 9.97 Å². The Labute approximate surface area is 221 Å². The molecule has 1 saturated carbocycles. The van der Waals surface area contributed by atoms with E-state index < -0.39 is 34.8 Å². The smallest absolute Gasteiger partial charge is 0.372 e. The number of hydrogen-bond acceptors (Lipinski definition) is 5. The van der Waals surface area contributed by atoms with Crippen LogP contribution >= 0.6 is 0 Å². The molecule has 5 N–H and O–H groups in total. The number of halogens is 1. The summed E-state index contributed by atoms with van der Waals surface area (Å²) in [5.41, 5.74) is 4.08. The fourth-order valence-electron chi connectivity index (χ4n) is 5.14. The van der Waals surface area contributed by atoms with Crippen LogP contribution in [0.1, 0.15) is 63.6 Å². The second kappa shape index (κ2) is 9.28. The molecule has 0 spiro atoms. The number of ketones is 1. The number of aliphatic hydroxyl groups excluding tert-OH is 1. The van der Waals surface area contributed by atoms with Crippen LogP contribution < -0.4 is 0 Å². The number of benzene rings is 2. The minimum absolute atomic E-state index is 0.0513. The minimum atomic E-state index is -1.44. The number of hydrogen-bond donors (Lipinski definition) is 5. The van der Waals surface area contributed by atoms with Gasteiger partial charge in [0.05, 0.1) is 17.7 Å². The van der Waals surface area contributed by atoms with Gasteiger partial charge in [0.2, 0.25) is 17.3 Å². The molecule has 0 aliphatic heterocycles. The Kier molecular flexibility index (Phi) is 5.88. The summed E-state index contributed by atoms with van der Waals surface area (Å²) in [5, 5.41) is 31.7. The highest BCUT2D eigenvalue weighted by Gasteiger charge is 2.37. The number of aromatic hydroxyl groups is 1. The van der Waals surface area contributed by atoms with Crippen LogP contribution in [-0.2, 0) is 6.42 Å². The van der Waals surface area contributed by atoms with Crippen LogP contribution in [0, 0.1) is 5.82 Å². The van der Waals surface area contributed by atoms with Crippen LogP contribution in [0.4, 0.5) is 4.39 Å². The summed E-state index contributed by atoms with van der Waals surface area (Å²) in [5.74, 6) is -4.09. The second-order valence-corrected chi connectivity index (χ2v) is 9.95. The van der Waals surface area contributed by atoms with Crippen molar-refractivity contribution in [3.8, 4) is 16.9 Å². The average Bonchev–Trinajstić information content (AvgIpc) is 3.43. The number of para-hydroxylation sites is 1. The van der Waals surface area contributed by atoms with Crippen molar-refractivity contribution in [1.82, 2.24) is 9.97 Å². The molecular weight excluding hydrogens is 503 g/mol. The van der Waals surface area contributed by atoms with Crippen LogP contribution in [0.5, 0.6) is 5.75 Å².